The lowest BCUT2D eigenvalue weighted by Gasteiger charge is -2.11. The van der Waals surface area contributed by atoms with E-state index < -0.39 is 0 Å². The van der Waals surface area contributed by atoms with Gasteiger partial charge in [0.1, 0.15) is 0 Å². The number of fused-ring (bicyclic) bond motifs is 1. The number of hydrogen-bond donors (Lipinski definition) is 1. The second-order valence-corrected chi connectivity index (χ2v) is 5.65. The molecule has 0 saturated heterocycles. The smallest absolute Gasteiger partial charge is 0.228 e. The van der Waals surface area contributed by atoms with Gasteiger partial charge in [0.15, 0.2) is 0 Å². The molecule has 3 rings (SSSR count). The van der Waals surface area contributed by atoms with Gasteiger partial charge in [-0.3, -0.25) is 0 Å². The van der Waals surface area contributed by atoms with Gasteiger partial charge in [-0.05, 0) is 16.7 Å². The standard InChI is InChI=1S/C17H19N3O/c1-11(2)15(18)10-16-19-17(20-21-16)14-9-5-7-12-6-3-4-8-13(12)14/h3-9,11,15H,10,18H2,1-2H3. The Morgan fingerprint density at radius 3 is 2.67 bits per heavy atom. The van der Waals surface area contributed by atoms with Crippen LogP contribution in [0.3, 0.4) is 0 Å². The van der Waals surface area contributed by atoms with Gasteiger partial charge in [0.2, 0.25) is 11.7 Å². The molecule has 1 atom stereocenters. The molecule has 0 aliphatic heterocycles. The average Bonchev–Trinajstić information content (AvgIpc) is 2.95. The van der Waals surface area contributed by atoms with Crippen molar-refractivity contribution >= 4 is 10.8 Å². The summed E-state index contributed by atoms with van der Waals surface area (Å²) in [6.45, 7) is 4.18. The molecule has 0 aliphatic rings. The molecule has 0 fully saturated rings. The molecule has 4 heteroatoms. The van der Waals surface area contributed by atoms with Crippen LogP contribution in [0, 0.1) is 5.92 Å². The van der Waals surface area contributed by atoms with E-state index in [1.54, 1.807) is 0 Å². The molecule has 1 heterocycles. The molecule has 2 N–H and O–H groups in total. The van der Waals surface area contributed by atoms with Gasteiger partial charge in [0.25, 0.3) is 0 Å². The van der Waals surface area contributed by atoms with Gasteiger partial charge in [0, 0.05) is 18.0 Å². The Morgan fingerprint density at radius 2 is 1.86 bits per heavy atom. The number of hydrogen-bond acceptors (Lipinski definition) is 4. The Labute approximate surface area is 124 Å². The first-order valence-electron chi connectivity index (χ1n) is 7.21. The molecule has 21 heavy (non-hydrogen) atoms. The summed E-state index contributed by atoms with van der Waals surface area (Å²) in [5, 5.41) is 6.40. The zero-order valence-corrected chi connectivity index (χ0v) is 12.3. The predicted molar refractivity (Wildman–Crippen MR) is 83.8 cm³/mol. The Kier molecular flexibility index (Phi) is 3.71. The van der Waals surface area contributed by atoms with E-state index in [9.17, 15) is 0 Å². The van der Waals surface area contributed by atoms with E-state index in [0.29, 0.717) is 24.1 Å². The quantitative estimate of drug-likeness (QED) is 0.796. The highest BCUT2D eigenvalue weighted by Gasteiger charge is 2.15. The fraction of sp³-hybridized carbons (Fsp3) is 0.294. The second kappa shape index (κ2) is 5.66. The maximum atomic E-state index is 6.06. The molecule has 0 bridgehead atoms. The molecule has 0 aliphatic carbocycles. The van der Waals surface area contributed by atoms with Crippen LogP contribution in [0.1, 0.15) is 19.7 Å². The Balaban J connectivity index is 1.95. The summed E-state index contributed by atoms with van der Waals surface area (Å²) >= 11 is 0. The molecular weight excluding hydrogens is 262 g/mol. The Bertz CT molecular complexity index is 743. The van der Waals surface area contributed by atoms with Gasteiger partial charge >= 0.3 is 0 Å². The van der Waals surface area contributed by atoms with Gasteiger partial charge in [-0.2, -0.15) is 4.98 Å². The molecular formula is C17H19N3O. The van der Waals surface area contributed by atoms with Gasteiger partial charge in [-0.25, -0.2) is 0 Å². The first kappa shape index (κ1) is 13.8. The van der Waals surface area contributed by atoms with E-state index >= 15 is 0 Å². The lowest BCUT2D eigenvalue weighted by molar-refractivity contribution is 0.353. The minimum absolute atomic E-state index is 0.0332. The SMILES string of the molecule is CC(C)C(N)Cc1nc(-c2cccc3ccccc23)no1. The van der Waals surface area contributed by atoms with Crippen molar-refractivity contribution < 1.29 is 4.52 Å². The number of nitrogens with two attached hydrogens (primary N) is 1. The van der Waals surface area contributed by atoms with Crippen molar-refractivity contribution in [3.05, 3.63) is 48.4 Å². The zero-order valence-electron chi connectivity index (χ0n) is 12.3. The van der Waals surface area contributed by atoms with E-state index in [1.807, 2.05) is 24.3 Å². The molecule has 1 unspecified atom stereocenters. The van der Waals surface area contributed by atoms with Crippen LogP contribution in [0.2, 0.25) is 0 Å². The number of benzene rings is 2. The van der Waals surface area contributed by atoms with Gasteiger partial charge in [0.05, 0.1) is 0 Å². The topological polar surface area (TPSA) is 64.9 Å². The highest BCUT2D eigenvalue weighted by atomic mass is 16.5. The molecule has 2 aromatic carbocycles. The van der Waals surface area contributed by atoms with Crippen LogP contribution in [0.15, 0.2) is 47.0 Å². The van der Waals surface area contributed by atoms with E-state index in [4.69, 9.17) is 10.3 Å². The van der Waals surface area contributed by atoms with Crippen LogP contribution in [0.25, 0.3) is 22.2 Å². The monoisotopic (exact) mass is 281 g/mol. The van der Waals surface area contributed by atoms with Crippen LogP contribution in [0.4, 0.5) is 0 Å². The van der Waals surface area contributed by atoms with Crippen molar-refractivity contribution in [2.75, 3.05) is 0 Å². The molecule has 0 saturated carbocycles. The third-order valence-corrected chi connectivity index (χ3v) is 3.77. The van der Waals surface area contributed by atoms with Crippen LogP contribution in [-0.4, -0.2) is 16.2 Å². The summed E-state index contributed by atoms with van der Waals surface area (Å²) in [6.07, 6.45) is 0.607. The summed E-state index contributed by atoms with van der Waals surface area (Å²) in [5.41, 5.74) is 7.05. The molecule has 0 spiro atoms. The maximum Gasteiger partial charge on any atom is 0.228 e. The fourth-order valence-electron chi connectivity index (χ4n) is 2.30. The number of rotatable bonds is 4. The second-order valence-electron chi connectivity index (χ2n) is 5.65. The predicted octanol–water partition coefficient (Wildman–Crippen LogP) is 3.42. The molecule has 108 valence electrons. The van der Waals surface area contributed by atoms with E-state index in [1.165, 1.54) is 5.39 Å². The molecule has 4 nitrogen and oxygen atoms in total. The van der Waals surface area contributed by atoms with E-state index in [2.05, 4.69) is 42.2 Å². The summed E-state index contributed by atoms with van der Waals surface area (Å²) in [7, 11) is 0. The molecule has 0 amide bonds. The largest absolute Gasteiger partial charge is 0.339 e. The number of nitrogens with zero attached hydrogens (tertiary/aromatic N) is 2. The van der Waals surface area contributed by atoms with Crippen molar-refractivity contribution in [3.63, 3.8) is 0 Å². The first-order valence-corrected chi connectivity index (χ1v) is 7.21. The normalized spacial score (nSPS) is 13.0. The molecule has 1 aromatic heterocycles. The summed E-state index contributed by atoms with van der Waals surface area (Å²) in [5.74, 6) is 1.61. The molecule has 0 radical (unpaired) electrons. The third kappa shape index (κ3) is 2.81. The fourth-order valence-corrected chi connectivity index (χ4v) is 2.30. The van der Waals surface area contributed by atoms with Crippen molar-refractivity contribution in [1.82, 2.24) is 10.1 Å². The van der Waals surface area contributed by atoms with Crippen LogP contribution >= 0.6 is 0 Å². The minimum Gasteiger partial charge on any atom is -0.339 e. The summed E-state index contributed by atoms with van der Waals surface area (Å²) in [6, 6.07) is 14.3. The minimum atomic E-state index is 0.0332. The van der Waals surface area contributed by atoms with Gasteiger partial charge < -0.3 is 10.3 Å². The van der Waals surface area contributed by atoms with Gasteiger partial charge in [-0.15, -0.1) is 0 Å². The zero-order chi connectivity index (χ0) is 14.8. The van der Waals surface area contributed by atoms with Gasteiger partial charge in [-0.1, -0.05) is 61.5 Å². The van der Waals surface area contributed by atoms with Crippen molar-refractivity contribution in [3.8, 4) is 11.4 Å². The number of aromatic nitrogens is 2. The van der Waals surface area contributed by atoms with Crippen LogP contribution in [-0.2, 0) is 6.42 Å². The summed E-state index contributed by atoms with van der Waals surface area (Å²) in [4.78, 5) is 4.50. The third-order valence-electron chi connectivity index (χ3n) is 3.77. The van der Waals surface area contributed by atoms with E-state index in [-0.39, 0.29) is 6.04 Å². The highest BCUT2D eigenvalue weighted by molar-refractivity contribution is 5.94. The average molecular weight is 281 g/mol. The lowest BCUT2D eigenvalue weighted by Crippen LogP contribution is -2.28. The lowest BCUT2D eigenvalue weighted by atomic mass is 10.0. The first-order chi connectivity index (χ1) is 10.1. The van der Waals surface area contributed by atoms with Crippen molar-refractivity contribution in [2.45, 2.75) is 26.3 Å². The maximum absolute atomic E-state index is 6.06. The molecule has 3 aromatic rings. The summed E-state index contributed by atoms with van der Waals surface area (Å²) < 4.78 is 5.35. The van der Waals surface area contributed by atoms with E-state index in [0.717, 1.165) is 10.9 Å². The Hall–Kier alpha value is -2.20. The van der Waals surface area contributed by atoms with Crippen LogP contribution in [0.5, 0.6) is 0 Å². The van der Waals surface area contributed by atoms with Crippen molar-refractivity contribution in [1.29, 1.82) is 0 Å². The Morgan fingerprint density at radius 1 is 1.10 bits per heavy atom. The van der Waals surface area contributed by atoms with Crippen molar-refractivity contribution in [2.24, 2.45) is 11.7 Å². The van der Waals surface area contributed by atoms with Crippen LogP contribution < -0.4 is 5.73 Å². The highest BCUT2D eigenvalue weighted by Crippen LogP contribution is 2.26.